The number of pyridine rings is 1. The number of hydrogen-bond donors (Lipinski definition) is 1. The van der Waals surface area contributed by atoms with Gasteiger partial charge in [-0.15, -0.1) is 0 Å². The molecule has 1 spiro atoms. The molecule has 5 heterocycles. The van der Waals surface area contributed by atoms with Gasteiger partial charge in [0, 0.05) is 25.0 Å². The molecule has 190 valence electrons. The summed E-state index contributed by atoms with van der Waals surface area (Å²) in [5, 5.41) is 2.64. The van der Waals surface area contributed by atoms with Crippen molar-refractivity contribution in [2.75, 3.05) is 43.0 Å². The molecular weight excluding hydrogens is 469 g/mol. The molecule has 0 saturated carbocycles. The number of carbonyl (C=O) groups excluding carboxylic acids is 2. The second-order valence-corrected chi connectivity index (χ2v) is 10.2. The minimum atomic E-state index is -0.558. The van der Waals surface area contributed by atoms with Gasteiger partial charge in [0.05, 0.1) is 50.0 Å². The zero-order chi connectivity index (χ0) is 25.7. The van der Waals surface area contributed by atoms with Gasteiger partial charge in [0.2, 0.25) is 0 Å². The fourth-order valence-electron chi connectivity index (χ4n) is 4.37. The number of halogens is 1. The quantitative estimate of drug-likeness (QED) is 0.588. The number of carbonyl (C=O) groups is 2. The SMILES string of the molecule is Cc1cn2cc(NC(=O)c3cnc(N4CC5(CN(C(=O)OC(C)(C)C)CCO5)C4)cn3)cc(F)c2n1. The third kappa shape index (κ3) is 4.81. The van der Waals surface area contributed by atoms with Crippen molar-refractivity contribution in [1.29, 1.82) is 0 Å². The number of rotatable bonds is 3. The highest BCUT2D eigenvalue weighted by atomic mass is 19.1. The Morgan fingerprint density at radius 3 is 2.64 bits per heavy atom. The van der Waals surface area contributed by atoms with Crippen molar-refractivity contribution < 1.29 is 23.5 Å². The normalized spacial score (nSPS) is 17.2. The lowest BCUT2D eigenvalue weighted by molar-refractivity contribution is -0.121. The molecule has 0 aliphatic carbocycles. The largest absolute Gasteiger partial charge is 0.444 e. The molecule has 2 saturated heterocycles. The summed E-state index contributed by atoms with van der Waals surface area (Å²) in [7, 11) is 0. The second kappa shape index (κ2) is 8.70. The molecule has 0 atom stereocenters. The molecule has 3 aromatic heterocycles. The lowest BCUT2D eigenvalue weighted by Crippen LogP contribution is -2.71. The molecule has 12 heteroatoms. The van der Waals surface area contributed by atoms with E-state index in [4.69, 9.17) is 9.47 Å². The second-order valence-electron chi connectivity index (χ2n) is 10.2. The van der Waals surface area contributed by atoms with Gasteiger partial charge < -0.3 is 29.0 Å². The minimum absolute atomic E-state index is 0.0984. The average molecular weight is 498 g/mol. The number of morpholine rings is 1. The Morgan fingerprint density at radius 2 is 1.94 bits per heavy atom. The molecule has 5 rings (SSSR count). The predicted octanol–water partition coefficient (Wildman–Crippen LogP) is 2.65. The Labute approximate surface area is 207 Å². The third-order valence-electron chi connectivity index (χ3n) is 5.94. The Morgan fingerprint density at radius 1 is 1.17 bits per heavy atom. The van der Waals surface area contributed by atoms with Crippen molar-refractivity contribution >= 4 is 29.2 Å². The summed E-state index contributed by atoms with van der Waals surface area (Å²) >= 11 is 0. The highest BCUT2D eigenvalue weighted by molar-refractivity contribution is 6.02. The van der Waals surface area contributed by atoms with Crippen LogP contribution in [0.3, 0.4) is 0 Å². The van der Waals surface area contributed by atoms with Gasteiger partial charge in [-0.3, -0.25) is 4.79 Å². The van der Waals surface area contributed by atoms with E-state index in [1.54, 1.807) is 24.2 Å². The van der Waals surface area contributed by atoms with Crippen molar-refractivity contribution in [3.8, 4) is 0 Å². The first kappa shape index (κ1) is 23.9. The molecule has 3 aromatic rings. The van der Waals surface area contributed by atoms with Crippen molar-refractivity contribution in [3.63, 3.8) is 0 Å². The van der Waals surface area contributed by atoms with Crippen LogP contribution in [0.25, 0.3) is 5.65 Å². The smallest absolute Gasteiger partial charge is 0.410 e. The summed E-state index contributed by atoms with van der Waals surface area (Å²) in [5.74, 6) is -0.450. The Balaban J connectivity index is 1.19. The zero-order valence-electron chi connectivity index (χ0n) is 20.6. The summed E-state index contributed by atoms with van der Waals surface area (Å²) in [6, 6.07) is 1.21. The zero-order valence-corrected chi connectivity index (χ0v) is 20.6. The van der Waals surface area contributed by atoms with E-state index in [1.807, 2.05) is 25.7 Å². The van der Waals surface area contributed by atoms with Crippen LogP contribution in [0, 0.1) is 12.7 Å². The van der Waals surface area contributed by atoms with E-state index in [9.17, 15) is 14.0 Å². The van der Waals surface area contributed by atoms with E-state index >= 15 is 0 Å². The molecule has 2 aliphatic rings. The number of hydrogen-bond acceptors (Lipinski definition) is 8. The highest BCUT2D eigenvalue weighted by Gasteiger charge is 2.49. The average Bonchev–Trinajstić information content (AvgIpc) is 3.17. The fourth-order valence-corrected chi connectivity index (χ4v) is 4.37. The van der Waals surface area contributed by atoms with E-state index in [2.05, 4.69) is 20.3 Å². The van der Waals surface area contributed by atoms with Crippen LogP contribution in [0.15, 0.2) is 30.9 Å². The maximum absolute atomic E-state index is 14.3. The lowest BCUT2D eigenvalue weighted by Gasteiger charge is -2.53. The van der Waals surface area contributed by atoms with Crippen LogP contribution >= 0.6 is 0 Å². The van der Waals surface area contributed by atoms with Crippen LogP contribution in [0.5, 0.6) is 0 Å². The van der Waals surface area contributed by atoms with Crippen molar-refractivity contribution in [2.45, 2.75) is 38.9 Å². The molecule has 11 nitrogen and oxygen atoms in total. The molecule has 0 radical (unpaired) electrons. The standard InChI is InChI=1S/C24H28FN7O4/c1-15-10-31-11-16(7-17(25)20(31)28-15)29-21(33)18-8-27-19(9-26-18)32-13-24(14-32)12-30(5-6-35-24)22(34)36-23(2,3)4/h7-11H,5-6,12-14H2,1-4H3,(H,29,33). The molecule has 2 aliphatic heterocycles. The summed E-state index contributed by atoms with van der Waals surface area (Å²) in [4.78, 5) is 41.4. The Bertz CT molecular complexity index is 1310. The van der Waals surface area contributed by atoms with Gasteiger partial charge in [-0.25, -0.2) is 24.1 Å². The fraction of sp³-hybridized carbons (Fsp3) is 0.458. The van der Waals surface area contributed by atoms with E-state index in [1.165, 1.54) is 22.9 Å². The van der Waals surface area contributed by atoms with Gasteiger partial charge in [-0.1, -0.05) is 0 Å². The predicted molar refractivity (Wildman–Crippen MR) is 129 cm³/mol. The number of imidazole rings is 1. The van der Waals surface area contributed by atoms with Crippen LogP contribution in [0.1, 0.15) is 37.0 Å². The third-order valence-corrected chi connectivity index (χ3v) is 5.94. The van der Waals surface area contributed by atoms with Crippen LogP contribution < -0.4 is 10.2 Å². The van der Waals surface area contributed by atoms with E-state index in [0.717, 1.165) is 0 Å². The van der Waals surface area contributed by atoms with E-state index < -0.39 is 22.9 Å². The highest BCUT2D eigenvalue weighted by Crippen LogP contribution is 2.32. The van der Waals surface area contributed by atoms with E-state index in [0.29, 0.717) is 44.3 Å². The number of anilines is 2. The van der Waals surface area contributed by atoms with E-state index in [-0.39, 0.29) is 23.1 Å². The van der Waals surface area contributed by atoms with Gasteiger partial charge in [-0.2, -0.15) is 0 Å². The first-order valence-electron chi connectivity index (χ1n) is 11.7. The van der Waals surface area contributed by atoms with Crippen LogP contribution in [0.2, 0.25) is 0 Å². The number of fused-ring (bicyclic) bond motifs is 1. The molecule has 0 bridgehead atoms. The molecule has 2 fully saturated rings. The van der Waals surface area contributed by atoms with Gasteiger partial charge in [-0.05, 0) is 27.7 Å². The van der Waals surface area contributed by atoms with Gasteiger partial charge in [0.25, 0.3) is 5.91 Å². The Hall–Kier alpha value is -3.80. The number of ether oxygens (including phenoxy) is 2. The topological polar surface area (TPSA) is 114 Å². The van der Waals surface area contributed by atoms with Crippen LogP contribution in [-0.4, -0.2) is 80.2 Å². The van der Waals surface area contributed by atoms with Crippen molar-refractivity contribution in [1.82, 2.24) is 24.3 Å². The number of nitrogens with one attached hydrogen (secondary N) is 1. The molecule has 36 heavy (non-hydrogen) atoms. The molecular formula is C24H28FN7O4. The van der Waals surface area contributed by atoms with Gasteiger partial charge in [0.15, 0.2) is 11.5 Å². The number of aromatic nitrogens is 4. The summed E-state index contributed by atoms with van der Waals surface area (Å²) in [5.41, 5.74) is 0.197. The first-order valence-corrected chi connectivity index (χ1v) is 11.7. The lowest BCUT2D eigenvalue weighted by atomic mass is 9.92. The monoisotopic (exact) mass is 497 g/mol. The number of amides is 2. The molecule has 0 aromatic carbocycles. The van der Waals surface area contributed by atoms with Crippen LogP contribution in [-0.2, 0) is 9.47 Å². The van der Waals surface area contributed by atoms with Crippen molar-refractivity contribution in [3.05, 3.63) is 48.1 Å². The molecule has 1 N–H and O–H groups in total. The Kier molecular flexibility index (Phi) is 5.78. The first-order chi connectivity index (χ1) is 17.0. The van der Waals surface area contributed by atoms with Gasteiger partial charge in [0.1, 0.15) is 22.7 Å². The van der Waals surface area contributed by atoms with Crippen molar-refractivity contribution in [2.24, 2.45) is 0 Å². The van der Waals surface area contributed by atoms with Gasteiger partial charge >= 0.3 is 6.09 Å². The maximum atomic E-state index is 14.3. The summed E-state index contributed by atoms with van der Waals surface area (Å²) in [6.45, 7) is 9.71. The van der Waals surface area contributed by atoms with Crippen LogP contribution in [0.4, 0.5) is 20.7 Å². The number of nitrogens with zero attached hydrogens (tertiary/aromatic N) is 6. The number of aryl methyl sites for hydroxylation is 1. The molecule has 2 amide bonds. The minimum Gasteiger partial charge on any atom is -0.444 e. The molecule has 0 unspecified atom stereocenters. The maximum Gasteiger partial charge on any atom is 0.410 e. The summed E-state index contributed by atoms with van der Waals surface area (Å²) in [6.07, 6.45) is 5.80. The summed E-state index contributed by atoms with van der Waals surface area (Å²) < 4.78 is 27.3.